The van der Waals surface area contributed by atoms with Gasteiger partial charge < -0.3 is 8.83 Å². The maximum atomic E-state index is 10.9. The van der Waals surface area contributed by atoms with Gasteiger partial charge in [0.1, 0.15) is 16.2 Å². The second-order valence-electron chi connectivity index (χ2n) is 6.75. The summed E-state index contributed by atoms with van der Waals surface area (Å²) in [5.74, 6) is 0.437. The molecule has 0 aliphatic carbocycles. The van der Waals surface area contributed by atoms with Crippen LogP contribution in [0.25, 0.3) is 22.4 Å². The quantitative estimate of drug-likeness (QED) is 0.149. The minimum absolute atomic E-state index is 0.219. The number of hydrogen-bond donors (Lipinski definition) is 0. The highest BCUT2D eigenvalue weighted by molar-refractivity contribution is 7.07. The van der Waals surface area contributed by atoms with Crippen LogP contribution in [0.2, 0.25) is 10.0 Å². The van der Waals surface area contributed by atoms with Gasteiger partial charge in [-0.1, -0.05) is 41.4 Å². The van der Waals surface area contributed by atoms with Crippen molar-refractivity contribution in [2.75, 3.05) is 0 Å². The van der Waals surface area contributed by atoms with Crippen molar-refractivity contribution < 1.29 is 13.8 Å². The van der Waals surface area contributed by atoms with E-state index < -0.39 is 4.92 Å². The van der Waals surface area contributed by atoms with Crippen molar-refractivity contribution in [1.29, 1.82) is 0 Å². The third kappa shape index (κ3) is 4.34. The number of aromatic nitrogens is 1. The van der Waals surface area contributed by atoms with Crippen LogP contribution < -0.4 is 4.80 Å². The van der Waals surface area contributed by atoms with Gasteiger partial charge >= 0.3 is 5.88 Å². The summed E-state index contributed by atoms with van der Waals surface area (Å²) in [6.45, 7) is 0. The highest BCUT2D eigenvalue weighted by Crippen LogP contribution is 2.29. The van der Waals surface area contributed by atoms with Crippen LogP contribution in [0.3, 0.4) is 0 Å². The molecule has 0 radical (unpaired) electrons. The Labute approximate surface area is 199 Å². The van der Waals surface area contributed by atoms with Crippen molar-refractivity contribution in [2.24, 2.45) is 10.1 Å². The average molecular weight is 499 g/mol. The fraction of sp³-hybridized carbons (Fsp3) is 0. The normalized spacial score (nSPS) is 12.2. The first-order valence-corrected chi connectivity index (χ1v) is 11.1. The lowest BCUT2D eigenvalue weighted by Gasteiger charge is -2.01. The highest BCUT2D eigenvalue weighted by atomic mass is 35.5. The molecule has 5 aromatic rings. The third-order valence-electron chi connectivity index (χ3n) is 4.58. The summed E-state index contributed by atoms with van der Waals surface area (Å²) >= 11 is 13.5. The van der Waals surface area contributed by atoms with E-state index >= 15 is 0 Å². The first-order valence-electron chi connectivity index (χ1n) is 9.46. The van der Waals surface area contributed by atoms with Crippen molar-refractivity contribution in [3.63, 3.8) is 0 Å². The van der Waals surface area contributed by atoms with Crippen LogP contribution in [0.4, 0.5) is 11.6 Å². The predicted molar refractivity (Wildman–Crippen MR) is 128 cm³/mol. The SMILES string of the molecule is O=[N+]([O-])c1ccc(C=Nn2c(-c3cc4ccccc4o3)csc2=Nc2ccc(Cl)c(Cl)c2)o1. The van der Waals surface area contributed by atoms with Crippen LogP contribution in [0.5, 0.6) is 0 Å². The van der Waals surface area contributed by atoms with Crippen molar-refractivity contribution in [2.45, 2.75) is 0 Å². The summed E-state index contributed by atoms with van der Waals surface area (Å²) in [4.78, 5) is 15.4. The molecule has 0 atom stereocenters. The Hall–Kier alpha value is -3.66. The molecule has 0 saturated heterocycles. The summed E-state index contributed by atoms with van der Waals surface area (Å²) in [5.41, 5.74) is 1.96. The second kappa shape index (κ2) is 8.70. The molecule has 0 bridgehead atoms. The summed E-state index contributed by atoms with van der Waals surface area (Å²) in [5, 5.41) is 19.0. The molecule has 33 heavy (non-hydrogen) atoms. The van der Waals surface area contributed by atoms with E-state index in [-0.39, 0.29) is 11.6 Å². The largest absolute Gasteiger partial charge is 0.454 e. The van der Waals surface area contributed by atoms with E-state index in [1.54, 1.807) is 22.9 Å². The first-order chi connectivity index (χ1) is 16.0. The topological polar surface area (TPSA) is 99.1 Å². The lowest BCUT2D eigenvalue weighted by molar-refractivity contribution is -0.402. The summed E-state index contributed by atoms with van der Waals surface area (Å²) in [6, 6.07) is 17.3. The predicted octanol–water partition coefficient (Wildman–Crippen LogP) is 6.89. The van der Waals surface area contributed by atoms with Gasteiger partial charge in [0.15, 0.2) is 11.5 Å². The Morgan fingerprint density at radius 2 is 1.88 bits per heavy atom. The average Bonchev–Trinajstić information content (AvgIpc) is 3.52. The molecule has 0 amide bonds. The number of fused-ring (bicyclic) bond motifs is 1. The van der Waals surface area contributed by atoms with Gasteiger partial charge in [0, 0.05) is 10.8 Å². The molecule has 0 saturated carbocycles. The standard InChI is InChI=1S/C22H12Cl2N4O4S/c23-16-7-5-14(10-17(16)24)26-22-27(25-11-15-6-8-21(31-15)28(29)30)18(12-33-22)20-9-13-3-1-2-4-19(13)32-20/h1-12H. The summed E-state index contributed by atoms with van der Waals surface area (Å²) < 4.78 is 12.7. The van der Waals surface area contributed by atoms with Crippen molar-refractivity contribution in [3.8, 4) is 11.5 Å². The number of benzene rings is 2. The van der Waals surface area contributed by atoms with Gasteiger partial charge in [-0.2, -0.15) is 5.10 Å². The van der Waals surface area contributed by atoms with E-state index in [4.69, 9.17) is 32.0 Å². The first kappa shape index (κ1) is 21.2. The number of nitro groups is 1. The van der Waals surface area contributed by atoms with Crippen molar-refractivity contribution in [1.82, 2.24) is 4.68 Å². The molecule has 0 fully saturated rings. The molecule has 8 nitrogen and oxygen atoms in total. The van der Waals surface area contributed by atoms with Gasteiger partial charge in [-0.3, -0.25) is 10.1 Å². The lowest BCUT2D eigenvalue weighted by atomic mass is 10.2. The number of thiazole rings is 1. The van der Waals surface area contributed by atoms with E-state index in [0.29, 0.717) is 32.0 Å². The third-order valence-corrected chi connectivity index (χ3v) is 6.14. The Morgan fingerprint density at radius 3 is 2.64 bits per heavy atom. The Balaban J connectivity index is 1.64. The Bertz CT molecular complexity index is 1560. The zero-order valence-electron chi connectivity index (χ0n) is 16.5. The molecule has 11 heteroatoms. The number of nitrogens with zero attached hydrogens (tertiary/aromatic N) is 4. The van der Waals surface area contributed by atoms with Crippen LogP contribution >= 0.6 is 34.5 Å². The summed E-state index contributed by atoms with van der Waals surface area (Å²) in [7, 11) is 0. The fourth-order valence-electron chi connectivity index (χ4n) is 3.06. The van der Waals surface area contributed by atoms with Crippen molar-refractivity contribution >= 4 is 63.3 Å². The van der Waals surface area contributed by atoms with Crippen LogP contribution in [0.1, 0.15) is 5.76 Å². The molecular weight excluding hydrogens is 487 g/mol. The van der Waals surface area contributed by atoms with Crippen LogP contribution in [-0.2, 0) is 0 Å². The Morgan fingerprint density at radius 1 is 1.03 bits per heavy atom. The molecule has 3 heterocycles. The minimum Gasteiger partial charge on any atom is -0.454 e. The maximum Gasteiger partial charge on any atom is 0.433 e. The number of rotatable bonds is 5. The molecule has 0 spiro atoms. The number of furan rings is 2. The molecule has 0 unspecified atom stereocenters. The monoisotopic (exact) mass is 498 g/mol. The molecule has 0 aliphatic rings. The van der Waals surface area contributed by atoms with E-state index in [1.165, 1.54) is 29.7 Å². The van der Waals surface area contributed by atoms with Gasteiger partial charge in [0.25, 0.3) is 0 Å². The molecule has 0 aliphatic heterocycles. The minimum atomic E-state index is -0.611. The van der Waals surface area contributed by atoms with Gasteiger partial charge in [-0.05, 0) is 36.4 Å². The fourth-order valence-corrected chi connectivity index (χ4v) is 4.19. The van der Waals surface area contributed by atoms with E-state index in [2.05, 4.69) is 10.1 Å². The molecule has 3 aromatic heterocycles. The zero-order valence-corrected chi connectivity index (χ0v) is 18.8. The smallest absolute Gasteiger partial charge is 0.433 e. The molecule has 0 N–H and O–H groups in total. The van der Waals surface area contributed by atoms with Crippen LogP contribution in [0, 0.1) is 10.1 Å². The number of para-hydroxylation sites is 1. The van der Waals surface area contributed by atoms with E-state index in [9.17, 15) is 10.1 Å². The molecule has 2 aromatic carbocycles. The Kier molecular flexibility index (Phi) is 5.59. The number of halogens is 2. The molecular formula is C22H12Cl2N4O4S. The van der Waals surface area contributed by atoms with E-state index in [0.717, 1.165) is 11.0 Å². The van der Waals surface area contributed by atoms with Crippen LogP contribution in [0.15, 0.2) is 85.0 Å². The maximum absolute atomic E-state index is 10.9. The highest BCUT2D eigenvalue weighted by Gasteiger charge is 2.14. The summed E-state index contributed by atoms with van der Waals surface area (Å²) in [6.07, 6.45) is 1.37. The molecule has 5 rings (SSSR count). The van der Waals surface area contributed by atoms with Crippen LogP contribution in [-0.4, -0.2) is 15.8 Å². The second-order valence-corrected chi connectivity index (χ2v) is 8.40. The molecule has 164 valence electrons. The lowest BCUT2D eigenvalue weighted by Crippen LogP contribution is -2.11. The van der Waals surface area contributed by atoms with Gasteiger partial charge in [-0.15, -0.1) is 11.3 Å². The van der Waals surface area contributed by atoms with Gasteiger partial charge in [0.2, 0.25) is 4.80 Å². The zero-order chi connectivity index (χ0) is 22.9. The van der Waals surface area contributed by atoms with Gasteiger partial charge in [0.05, 0.1) is 28.0 Å². The van der Waals surface area contributed by atoms with Crippen molar-refractivity contribution in [3.05, 3.63) is 96.8 Å². The number of hydrogen-bond acceptors (Lipinski definition) is 7. The van der Waals surface area contributed by atoms with E-state index in [1.807, 2.05) is 35.7 Å². The van der Waals surface area contributed by atoms with Gasteiger partial charge in [-0.25, -0.2) is 9.67 Å².